The highest BCUT2D eigenvalue weighted by molar-refractivity contribution is 5.88. The van der Waals surface area contributed by atoms with Crippen molar-refractivity contribution >= 4 is 5.78 Å². The van der Waals surface area contributed by atoms with Crippen LogP contribution < -0.4 is 0 Å². The zero-order valence-electron chi connectivity index (χ0n) is 15.5. The normalized spacial score (nSPS) is 46.0. The quantitative estimate of drug-likeness (QED) is 0.735. The lowest BCUT2D eigenvalue weighted by Gasteiger charge is -2.64. The van der Waals surface area contributed by atoms with Crippen LogP contribution in [0.5, 0.6) is 0 Å². The lowest BCUT2D eigenvalue weighted by Crippen LogP contribution is -2.64. The molecule has 5 atom stereocenters. The van der Waals surface area contributed by atoms with Crippen molar-refractivity contribution in [1.29, 1.82) is 0 Å². The molecule has 0 aromatic heterocycles. The van der Waals surface area contributed by atoms with Crippen LogP contribution in [0.2, 0.25) is 0 Å². The first-order valence-electron chi connectivity index (χ1n) is 9.50. The van der Waals surface area contributed by atoms with Gasteiger partial charge in [-0.2, -0.15) is 0 Å². The van der Waals surface area contributed by atoms with Crippen LogP contribution in [-0.4, -0.2) is 17.0 Å². The third-order valence-corrected chi connectivity index (χ3v) is 7.76. The second kappa shape index (κ2) is 5.44. The smallest absolute Gasteiger partial charge is 0.142 e. The van der Waals surface area contributed by atoms with Gasteiger partial charge in [-0.15, -0.1) is 6.58 Å². The SMILES string of the molecule is C=C(C)C[C@]12C(=O)C[C@H]3C(C)(C)CCC[C@]3(C)[C@H]1CCC[C@@H]2O. The zero-order valence-corrected chi connectivity index (χ0v) is 15.5. The minimum atomic E-state index is -0.553. The minimum Gasteiger partial charge on any atom is -0.392 e. The number of hydrogen-bond donors (Lipinski definition) is 1. The lowest BCUT2D eigenvalue weighted by molar-refractivity contribution is -0.192. The molecule has 0 amide bonds. The third-order valence-electron chi connectivity index (χ3n) is 7.76. The highest BCUT2D eigenvalue weighted by Crippen LogP contribution is 2.67. The van der Waals surface area contributed by atoms with Gasteiger partial charge >= 0.3 is 0 Å². The number of Topliss-reactive ketones (excluding diaryl/α,β-unsaturated/α-hetero) is 1. The van der Waals surface area contributed by atoms with Crippen LogP contribution in [0.15, 0.2) is 12.2 Å². The molecule has 0 unspecified atom stereocenters. The van der Waals surface area contributed by atoms with Crippen LogP contribution in [-0.2, 0) is 4.79 Å². The fourth-order valence-electron chi connectivity index (χ4n) is 6.87. The van der Waals surface area contributed by atoms with Crippen molar-refractivity contribution in [2.45, 2.75) is 85.2 Å². The minimum absolute atomic E-state index is 0.187. The summed E-state index contributed by atoms with van der Waals surface area (Å²) >= 11 is 0. The predicted octanol–water partition coefficient (Wildman–Crippen LogP) is 4.91. The lowest BCUT2D eigenvalue weighted by atomic mass is 9.39. The molecule has 0 heterocycles. The summed E-state index contributed by atoms with van der Waals surface area (Å²) in [4.78, 5) is 13.4. The van der Waals surface area contributed by atoms with Gasteiger partial charge in [0.2, 0.25) is 0 Å². The summed E-state index contributed by atoms with van der Waals surface area (Å²) in [6.07, 6.45) is 7.48. The van der Waals surface area contributed by atoms with E-state index in [-0.39, 0.29) is 10.8 Å². The van der Waals surface area contributed by atoms with Gasteiger partial charge in [0.1, 0.15) is 5.78 Å². The number of carbonyl (C=O) groups excluding carboxylic acids is 1. The van der Waals surface area contributed by atoms with Gasteiger partial charge in [-0.25, -0.2) is 0 Å². The molecule has 2 nitrogen and oxygen atoms in total. The summed E-state index contributed by atoms with van der Waals surface area (Å²) in [5, 5.41) is 10.9. The number of aliphatic hydroxyl groups excluding tert-OH is 1. The second-order valence-corrected chi connectivity index (χ2v) is 9.70. The molecule has 2 heteroatoms. The molecule has 3 rings (SSSR count). The van der Waals surface area contributed by atoms with Crippen molar-refractivity contribution in [2.75, 3.05) is 0 Å². The Kier molecular flexibility index (Phi) is 4.07. The van der Waals surface area contributed by atoms with Crippen molar-refractivity contribution in [3.63, 3.8) is 0 Å². The monoisotopic (exact) mass is 318 g/mol. The number of hydrogen-bond acceptors (Lipinski definition) is 2. The number of allylic oxidation sites excluding steroid dienone is 1. The van der Waals surface area contributed by atoms with E-state index in [0.717, 1.165) is 24.8 Å². The second-order valence-electron chi connectivity index (χ2n) is 9.70. The van der Waals surface area contributed by atoms with Crippen molar-refractivity contribution in [3.05, 3.63) is 12.2 Å². The third kappa shape index (κ3) is 2.35. The van der Waals surface area contributed by atoms with Gasteiger partial charge in [0.15, 0.2) is 0 Å². The summed E-state index contributed by atoms with van der Waals surface area (Å²) in [5.74, 6) is 1.11. The van der Waals surface area contributed by atoms with Gasteiger partial charge in [0.05, 0.1) is 11.5 Å². The van der Waals surface area contributed by atoms with Crippen molar-refractivity contribution in [3.8, 4) is 0 Å². The number of rotatable bonds is 2. The van der Waals surface area contributed by atoms with E-state index in [1.54, 1.807) is 0 Å². The maximum atomic E-state index is 13.4. The molecule has 130 valence electrons. The van der Waals surface area contributed by atoms with Crippen LogP contribution in [0.4, 0.5) is 0 Å². The first kappa shape index (κ1) is 17.2. The fraction of sp³-hybridized carbons (Fsp3) is 0.857. The summed E-state index contributed by atoms with van der Waals surface area (Å²) in [6.45, 7) is 13.2. The Hall–Kier alpha value is -0.630. The number of aliphatic hydroxyl groups is 1. The first-order chi connectivity index (χ1) is 10.6. The Morgan fingerprint density at radius 1 is 1.17 bits per heavy atom. The van der Waals surface area contributed by atoms with E-state index in [0.29, 0.717) is 30.5 Å². The Labute approximate surface area is 141 Å². The van der Waals surface area contributed by atoms with Crippen LogP contribution in [0.3, 0.4) is 0 Å². The van der Waals surface area contributed by atoms with Crippen LogP contribution in [0, 0.1) is 28.1 Å². The van der Waals surface area contributed by atoms with Gasteiger partial charge in [-0.1, -0.05) is 39.2 Å². The van der Waals surface area contributed by atoms with Gasteiger partial charge < -0.3 is 5.11 Å². The Bertz CT molecular complexity index is 520. The molecule has 23 heavy (non-hydrogen) atoms. The molecule has 3 saturated carbocycles. The van der Waals surface area contributed by atoms with Crippen LogP contribution in [0.1, 0.15) is 79.1 Å². The van der Waals surface area contributed by atoms with Gasteiger partial charge in [0.25, 0.3) is 0 Å². The molecule has 0 aliphatic heterocycles. The van der Waals surface area contributed by atoms with Crippen LogP contribution in [0.25, 0.3) is 0 Å². The molecular weight excluding hydrogens is 284 g/mol. The molecular formula is C21H34O2. The average Bonchev–Trinajstić information content (AvgIpc) is 2.43. The summed E-state index contributed by atoms with van der Waals surface area (Å²) in [6, 6.07) is 0. The molecule has 0 aromatic carbocycles. The summed E-state index contributed by atoms with van der Waals surface area (Å²) in [7, 11) is 0. The number of fused-ring (bicyclic) bond motifs is 3. The standard InChI is InChI=1S/C21H34O2/c1-14(2)13-21-15(8-6-9-17(21)22)20(5)11-7-10-19(3,4)16(20)12-18(21)23/h15-17,22H,1,6-13H2,2-5H3/t15-,16+,17+,20-,21+/m1/s1. The molecule has 3 fully saturated rings. The van der Waals surface area contributed by atoms with E-state index in [1.165, 1.54) is 19.3 Å². The maximum absolute atomic E-state index is 13.4. The molecule has 0 bridgehead atoms. The topological polar surface area (TPSA) is 37.3 Å². The van der Waals surface area contributed by atoms with E-state index in [9.17, 15) is 9.90 Å². The molecule has 0 spiro atoms. The fourth-order valence-corrected chi connectivity index (χ4v) is 6.87. The van der Waals surface area contributed by atoms with E-state index in [2.05, 4.69) is 27.4 Å². The van der Waals surface area contributed by atoms with Gasteiger partial charge in [-0.05, 0) is 61.7 Å². The van der Waals surface area contributed by atoms with E-state index >= 15 is 0 Å². The molecule has 3 aliphatic carbocycles. The maximum Gasteiger partial charge on any atom is 0.142 e. The number of ketones is 1. The summed E-state index contributed by atoms with van der Waals surface area (Å²) < 4.78 is 0. The zero-order chi connectivity index (χ0) is 17.0. The van der Waals surface area contributed by atoms with Crippen molar-refractivity contribution < 1.29 is 9.90 Å². The Balaban J connectivity index is 2.10. The van der Waals surface area contributed by atoms with E-state index in [4.69, 9.17) is 0 Å². The van der Waals surface area contributed by atoms with E-state index < -0.39 is 11.5 Å². The van der Waals surface area contributed by atoms with E-state index in [1.807, 2.05) is 6.92 Å². The molecule has 3 aliphatic rings. The first-order valence-corrected chi connectivity index (χ1v) is 9.50. The highest BCUT2D eigenvalue weighted by atomic mass is 16.3. The molecule has 0 aromatic rings. The predicted molar refractivity (Wildman–Crippen MR) is 94.1 cm³/mol. The largest absolute Gasteiger partial charge is 0.392 e. The average molecular weight is 319 g/mol. The van der Waals surface area contributed by atoms with Gasteiger partial charge in [0, 0.05) is 6.42 Å². The highest BCUT2D eigenvalue weighted by Gasteiger charge is 2.65. The number of carbonyl (C=O) groups is 1. The molecule has 0 saturated heterocycles. The Morgan fingerprint density at radius 2 is 1.87 bits per heavy atom. The Morgan fingerprint density at radius 3 is 2.52 bits per heavy atom. The van der Waals surface area contributed by atoms with Gasteiger partial charge in [-0.3, -0.25) is 4.79 Å². The van der Waals surface area contributed by atoms with Crippen molar-refractivity contribution in [1.82, 2.24) is 0 Å². The molecule has 0 radical (unpaired) electrons. The van der Waals surface area contributed by atoms with Crippen molar-refractivity contribution in [2.24, 2.45) is 28.1 Å². The molecule has 1 N–H and O–H groups in total. The van der Waals surface area contributed by atoms with Crippen LogP contribution >= 0.6 is 0 Å². The summed E-state index contributed by atoms with van der Waals surface area (Å²) in [5.41, 5.74) is 0.914.